The number of benzene rings is 3. The van der Waals surface area contributed by atoms with Gasteiger partial charge in [0.1, 0.15) is 23.9 Å². The average molecular weight is 604 g/mol. The smallest absolute Gasteiger partial charge is 0.326 e. The van der Waals surface area contributed by atoms with Gasteiger partial charge in [-0.1, -0.05) is 72.8 Å². The van der Waals surface area contributed by atoms with E-state index in [1.807, 2.05) is 0 Å². The molecule has 232 valence electrons. The first kappa shape index (κ1) is 33.3. The van der Waals surface area contributed by atoms with Crippen LogP contribution >= 0.6 is 0 Å². The molecule has 12 heteroatoms. The molecule has 0 spiro atoms. The summed E-state index contributed by atoms with van der Waals surface area (Å²) in [5.74, 6) is -3.99. The molecule has 0 saturated carbocycles. The monoisotopic (exact) mass is 603 g/mol. The second kappa shape index (κ2) is 16.4. The van der Waals surface area contributed by atoms with E-state index in [1.54, 1.807) is 72.8 Å². The number of carbonyl (C=O) groups is 5. The predicted octanol–water partition coefficient (Wildman–Crippen LogP) is 0.552. The molecule has 3 aromatic carbocycles. The maximum Gasteiger partial charge on any atom is 0.326 e. The van der Waals surface area contributed by atoms with Crippen molar-refractivity contribution in [2.45, 2.75) is 56.3 Å². The molecule has 0 aliphatic carbocycles. The molecule has 3 aromatic rings. The summed E-state index contributed by atoms with van der Waals surface area (Å²) in [4.78, 5) is 63.3. The van der Waals surface area contributed by atoms with Gasteiger partial charge in [-0.05, 0) is 35.2 Å². The molecule has 4 amide bonds. The predicted molar refractivity (Wildman–Crippen MR) is 162 cm³/mol. The Morgan fingerprint density at radius 2 is 1.02 bits per heavy atom. The maximum absolute atomic E-state index is 13.7. The van der Waals surface area contributed by atoms with Crippen molar-refractivity contribution in [3.63, 3.8) is 0 Å². The summed E-state index contributed by atoms with van der Waals surface area (Å²) >= 11 is 0. The number of aromatic hydroxyl groups is 1. The van der Waals surface area contributed by atoms with Crippen LogP contribution in [0.15, 0.2) is 84.9 Å². The molecule has 0 bridgehead atoms. The number of amides is 4. The molecular weight excluding hydrogens is 566 g/mol. The lowest BCUT2D eigenvalue weighted by Crippen LogP contribution is -2.58. The number of nitrogens with two attached hydrogens (primary N) is 2. The van der Waals surface area contributed by atoms with Crippen LogP contribution in [-0.4, -0.2) is 64.0 Å². The number of hydrogen-bond acceptors (Lipinski definition) is 7. The van der Waals surface area contributed by atoms with Crippen molar-refractivity contribution in [3.05, 3.63) is 102 Å². The summed E-state index contributed by atoms with van der Waals surface area (Å²) < 4.78 is 0. The van der Waals surface area contributed by atoms with Gasteiger partial charge in [-0.2, -0.15) is 0 Å². The van der Waals surface area contributed by atoms with E-state index >= 15 is 0 Å². The average Bonchev–Trinajstić information content (AvgIpc) is 3.00. The van der Waals surface area contributed by atoms with Gasteiger partial charge in [0.15, 0.2) is 0 Å². The number of primary amides is 1. The number of phenols is 1. The summed E-state index contributed by atoms with van der Waals surface area (Å²) in [5.41, 5.74) is 13.1. The molecule has 0 aliphatic heterocycles. The molecule has 0 saturated heterocycles. The van der Waals surface area contributed by atoms with Crippen molar-refractivity contribution >= 4 is 29.6 Å². The van der Waals surface area contributed by atoms with E-state index in [4.69, 9.17) is 11.5 Å². The molecule has 0 heterocycles. The van der Waals surface area contributed by atoms with Gasteiger partial charge in [-0.3, -0.25) is 19.2 Å². The first-order valence-corrected chi connectivity index (χ1v) is 14.1. The lowest BCUT2D eigenvalue weighted by Gasteiger charge is -2.25. The summed E-state index contributed by atoms with van der Waals surface area (Å²) in [7, 11) is 0. The third-order valence-electron chi connectivity index (χ3n) is 6.86. The number of hydrogen-bond donors (Lipinski definition) is 7. The highest BCUT2D eigenvalue weighted by atomic mass is 16.4. The molecule has 9 N–H and O–H groups in total. The molecule has 44 heavy (non-hydrogen) atoms. The molecule has 4 atom stereocenters. The molecule has 4 unspecified atom stereocenters. The minimum absolute atomic E-state index is 0.0151. The van der Waals surface area contributed by atoms with Crippen LogP contribution in [0, 0.1) is 0 Å². The maximum atomic E-state index is 13.7. The van der Waals surface area contributed by atoms with Crippen molar-refractivity contribution in [2.75, 3.05) is 0 Å². The second-order valence-corrected chi connectivity index (χ2v) is 10.4. The van der Waals surface area contributed by atoms with E-state index in [0.717, 1.165) is 5.56 Å². The molecule has 0 radical (unpaired) electrons. The third kappa shape index (κ3) is 10.9. The molecule has 3 rings (SSSR count). The topological polar surface area (TPSA) is 214 Å². The molecular formula is C32H37N5O7. The van der Waals surface area contributed by atoms with Gasteiger partial charge in [-0.25, -0.2) is 4.79 Å². The van der Waals surface area contributed by atoms with E-state index in [9.17, 15) is 34.2 Å². The van der Waals surface area contributed by atoms with Crippen LogP contribution in [0.3, 0.4) is 0 Å². The Balaban J connectivity index is 1.83. The Bertz CT molecular complexity index is 1420. The quantitative estimate of drug-likeness (QED) is 0.122. The van der Waals surface area contributed by atoms with Crippen LogP contribution in [0.4, 0.5) is 0 Å². The zero-order valence-corrected chi connectivity index (χ0v) is 24.0. The van der Waals surface area contributed by atoms with Crippen LogP contribution < -0.4 is 27.4 Å². The first-order chi connectivity index (χ1) is 21.0. The van der Waals surface area contributed by atoms with E-state index in [2.05, 4.69) is 16.0 Å². The van der Waals surface area contributed by atoms with Crippen LogP contribution in [0.1, 0.15) is 29.5 Å². The Morgan fingerprint density at radius 1 is 0.614 bits per heavy atom. The number of carboxylic acid groups (broad SMARTS) is 1. The SMILES string of the molecule is NC(=O)CCC(N)C(=O)NC(Cc1ccccc1)C(=O)NC(Cc1ccccc1)C(=O)NC(Cc1ccc(O)cc1)C(=O)O. The molecule has 0 fully saturated rings. The third-order valence-corrected chi connectivity index (χ3v) is 6.86. The summed E-state index contributed by atoms with van der Waals surface area (Å²) in [6.07, 6.45) is -0.0909. The Morgan fingerprint density at radius 3 is 1.48 bits per heavy atom. The van der Waals surface area contributed by atoms with Crippen LogP contribution in [0.25, 0.3) is 0 Å². The highest BCUT2D eigenvalue weighted by Gasteiger charge is 2.31. The van der Waals surface area contributed by atoms with Gasteiger partial charge in [0, 0.05) is 25.7 Å². The number of aliphatic carboxylic acids is 1. The van der Waals surface area contributed by atoms with Crippen molar-refractivity contribution in [1.82, 2.24) is 16.0 Å². The van der Waals surface area contributed by atoms with Gasteiger partial charge in [0.2, 0.25) is 23.6 Å². The highest BCUT2D eigenvalue weighted by Crippen LogP contribution is 2.13. The van der Waals surface area contributed by atoms with E-state index in [-0.39, 0.29) is 37.9 Å². The Kier molecular flexibility index (Phi) is 12.4. The van der Waals surface area contributed by atoms with Gasteiger partial charge in [-0.15, -0.1) is 0 Å². The van der Waals surface area contributed by atoms with E-state index in [0.29, 0.717) is 11.1 Å². The van der Waals surface area contributed by atoms with Crippen LogP contribution in [-0.2, 0) is 43.2 Å². The number of carbonyl (C=O) groups excluding carboxylic acids is 4. The largest absolute Gasteiger partial charge is 0.508 e. The van der Waals surface area contributed by atoms with Gasteiger partial charge >= 0.3 is 5.97 Å². The summed E-state index contributed by atoms with van der Waals surface area (Å²) in [5, 5.41) is 27.2. The molecule has 12 nitrogen and oxygen atoms in total. The first-order valence-electron chi connectivity index (χ1n) is 14.1. The lowest BCUT2D eigenvalue weighted by molar-refractivity contribution is -0.142. The molecule has 0 aromatic heterocycles. The van der Waals surface area contributed by atoms with Gasteiger partial charge in [0.25, 0.3) is 0 Å². The second-order valence-electron chi connectivity index (χ2n) is 10.4. The number of nitrogens with one attached hydrogen (secondary N) is 3. The van der Waals surface area contributed by atoms with Crippen LogP contribution in [0.2, 0.25) is 0 Å². The van der Waals surface area contributed by atoms with Crippen molar-refractivity contribution in [3.8, 4) is 5.75 Å². The summed E-state index contributed by atoms with van der Waals surface area (Å²) in [6.45, 7) is 0. The number of carboxylic acids is 1. The standard InChI is InChI=1S/C32H37N5O7/c33-24(15-16-28(34)39)29(40)35-25(17-20-7-3-1-4-8-20)30(41)36-26(18-21-9-5-2-6-10-21)31(42)37-27(32(43)44)19-22-11-13-23(38)14-12-22/h1-14,24-27,38H,15-19,33H2,(H2,34,39)(H,35,40)(H,36,41)(H,37,42)(H,43,44). The fraction of sp³-hybridized carbons (Fsp3) is 0.281. The van der Waals surface area contributed by atoms with E-state index in [1.165, 1.54) is 12.1 Å². The van der Waals surface area contributed by atoms with Crippen LogP contribution in [0.5, 0.6) is 5.75 Å². The Hall–Kier alpha value is -5.23. The Labute approximate surface area is 254 Å². The number of rotatable bonds is 16. The van der Waals surface area contributed by atoms with Gasteiger partial charge < -0.3 is 37.6 Å². The number of phenolic OH excluding ortho intramolecular Hbond substituents is 1. The molecule has 0 aliphatic rings. The fourth-order valence-corrected chi connectivity index (χ4v) is 4.44. The highest BCUT2D eigenvalue weighted by molar-refractivity contribution is 5.94. The minimum Gasteiger partial charge on any atom is -0.508 e. The van der Waals surface area contributed by atoms with E-state index < -0.39 is 53.8 Å². The lowest BCUT2D eigenvalue weighted by atomic mass is 10.0. The van der Waals surface area contributed by atoms with Crippen molar-refractivity contribution in [1.29, 1.82) is 0 Å². The minimum atomic E-state index is -1.33. The fourth-order valence-electron chi connectivity index (χ4n) is 4.44. The van der Waals surface area contributed by atoms with Crippen molar-refractivity contribution in [2.24, 2.45) is 11.5 Å². The zero-order valence-electron chi connectivity index (χ0n) is 24.0. The summed E-state index contributed by atoms with van der Waals surface area (Å²) in [6, 6.07) is 18.9. The normalized spacial score (nSPS) is 13.5. The van der Waals surface area contributed by atoms with Crippen molar-refractivity contribution < 1.29 is 34.2 Å². The van der Waals surface area contributed by atoms with Gasteiger partial charge in [0.05, 0.1) is 6.04 Å². The zero-order chi connectivity index (χ0) is 32.1.